The van der Waals surface area contributed by atoms with Crippen LogP contribution < -0.4 is 0 Å². The summed E-state index contributed by atoms with van der Waals surface area (Å²) in [6.07, 6.45) is 45.4. The Labute approximate surface area is 297 Å². The summed E-state index contributed by atoms with van der Waals surface area (Å²) in [5.41, 5.74) is 0. The Kier molecular flexibility index (Phi) is 37.5. The van der Waals surface area contributed by atoms with Gasteiger partial charge in [-0.2, -0.15) is 0 Å². The number of carbonyl (C=O) groups excluding carboxylic acids is 2. The second-order valence-corrected chi connectivity index (χ2v) is 13.2. The van der Waals surface area contributed by atoms with Crippen LogP contribution in [0.4, 0.5) is 0 Å². The monoisotopic (exact) mass is 673 g/mol. The molecule has 1 atom stereocenters. The highest BCUT2D eigenvalue weighted by Crippen LogP contribution is 2.12. The van der Waals surface area contributed by atoms with Gasteiger partial charge in [0, 0.05) is 19.4 Å². The molecule has 5 nitrogen and oxygen atoms in total. The third-order valence-corrected chi connectivity index (χ3v) is 8.35. The van der Waals surface area contributed by atoms with Crippen molar-refractivity contribution in [1.29, 1.82) is 0 Å². The molecule has 0 saturated heterocycles. The molecule has 0 rings (SSSR count). The van der Waals surface area contributed by atoms with Gasteiger partial charge in [0.15, 0.2) is 6.10 Å². The number of hydrogen-bond acceptors (Lipinski definition) is 5. The molecule has 0 heterocycles. The molecule has 0 fully saturated rings. The highest BCUT2D eigenvalue weighted by atomic mass is 16.6. The van der Waals surface area contributed by atoms with Crippen LogP contribution in [0, 0.1) is 0 Å². The van der Waals surface area contributed by atoms with Gasteiger partial charge in [-0.1, -0.05) is 146 Å². The van der Waals surface area contributed by atoms with E-state index in [1.54, 1.807) is 0 Å². The van der Waals surface area contributed by atoms with Crippen molar-refractivity contribution in [1.82, 2.24) is 0 Å². The lowest BCUT2D eigenvalue weighted by molar-refractivity contribution is -0.163. The number of unbranched alkanes of at least 4 members (excludes halogenated alkanes) is 17. The minimum absolute atomic E-state index is 0.0671. The lowest BCUT2D eigenvalue weighted by Gasteiger charge is -2.18. The molecule has 0 aromatic rings. The average Bonchev–Trinajstić information content (AvgIpc) is 3.08. The number of hydrogen-bond donors (Lipinski definition) is 0. The summed E-state index contributed by atoms with van der Waals surface area (Å²) in [6, 6.07) is 0. The summed E-state index contributed by atoms with van der Waals surface area (Å²) in [4.78, 5) is 25.0. The summed E-state index contributed by atoms with van der Waals surface area (Å²) in [7, 11) is 0. The highest BCUT2D eigenvalue weighted by Gasteiger charge is 2.17. The van der Waals surface area contributed by atoms with E-state index in [2.05, 4.69) is 69.4 Å². The fourth-order valence-corrected chi connectivity index (χ4v) is 5.34. The number of carbonyl (C=O) groups is 2. The molecule has 0 amide bonds. The zero-order chi connectivity index (χ0) is 35.0. The van der Waals surface area contributed by atoms with Gasteiger partial charge in [-0.15, -0.1) is 0 Å². The lowest BCUT2D eigenvalue weighted by atomic mass is 10.1. The summed E-state index contributed by atoms with van der Waals surface area (Å²) < 4.78 is 17.1. The van der Waals surface area contributed by atoms with E-state index in [0.717, 1.165) is 83.5 Å². The van der Waals surface area contributed by atoms with Crippen LogP contribution in [0.3, 0.4) is 0 Å². The molecule has 0 aliphatic carbocycles. The Hall–Kier alpha value is -2.14. The van der Waals surface area contributed by atoms with E-state index in [0.29, 0.717) is 19.4 Å². The number of ether oxygens (including phenoxy) is 3. The van der Waals surface area contributed by atoms with Crippen molar-refractivity contribution in [2.75, 3.05) is 19.8 Å². The van der Waals surface area contributed by atoms with Crippen molar-refractivity contribution in [3.05, 3.63) is 48.6 Å². The number of allylic oxidation sites excluding steroid dienone is 8. The fourth-order valence-electron chi connectivity index (χ4n) is 5.34. The van der Waals surface area contributed by atoms with Gasteiger partial charge in [0.2, 0.25) is 0 Å². The molecule has 0 radical (unpaired) electrons. The topological polar surface area (TPSA) is 61.8 Å². The van der Waals surface area contributed by atoms with E-state index in [1.165, 1.54) is 70.6 Å². The highest BCUT2D eigenvalue weighted by molar-refractivity contribution is 5.70. The second kappa shape index (κ2) is 39.3. The third kappa shape index (κ3) is 36.7. The Bertz CT molecular complexity index is 812. The lowest BCUT2D eigenvalue weighted by Crippen LogP contribution is -2.30. The van der Waals surface area contributed by atoms with E-state index in [-0.39, 0.29) is 25.2 Å². The van der Waals surface area contributed by atoms with Crippen molar-refractivity contribution in [3.63, 3.8) is 0 Å². The maximum atomic E-state index is 12.6. The van der Waals surface area contributed by atoms with Crippen LogP contribution in [0.1, 0.15) is 188 Å². The zero-order valence-electron chi connectivity index (χ0n) is 31.7. The van der Waals surface area contributed by atoms with Gasteiger partial charge in [-0.05, 0) is 77.0 Å². The molecule has 0 spiro atoms. The summed E-state index contributed by atoms with van der Waals surface area (Å²) in [5, 5.41) is 0. The van der Waals surface area contributed by atoms with Crippen LogP contribution in [0.5, 0.6) is 0 Å². The Balaban J connectivity index is 4.23. The van der Waals surface area contributed by atoms with Crippen molar-refractivity contribution < 1.29 is 23.8 Å². The predicted octanol–water partition coefficient (Wildman–Crippen LogP) is 12.9. The van der Waals surface area contributed by atoms with Gasteiger partial charge in [0.05, 0.1) is 6.61 Å². The smallest absolute Gasteiger partial charge is 0.306 e. The van der Waals surface area contributed by atoms with Crippen molar-refractivity contribution in [3.8, 4) is 0 Å². The predicted molar refractivity (Wildman–Crippen MR) is 205 cm³/mol. The van der Waals surface area contributed by atoms with Gasteiger partial charge < -0.3 is 14.2 Å². The van der Waals surface area contributed by atoms with Gasteiger partial charge in [-0.3, -0.25) is 9.59 Å². The zero-order valence-corrected chi connectivity index (χ0v) is 31.7. The van der Waals surface area contributed by atoms with Gasteiger partial charge in [-0.25, -0.2) is 0 Å². The van der Waals surface area contributed by atoms with E-state index >= 15 is 0 Å². The van der Waals surface area contributed by atoms with Crippen LogP contribution in [-0.2, 0) is 23.8 Å². The molecule has 1 unspecified atom stereocenters. The molecule has 0 saturated carbocycles. The van der Waals surface area contributed by atoms with E-state index in [9.17, 15) is 9.59 Å². The standard InChI is InChI=1S/C43H76O5/c1-4-7-10-13-16-18-20-22-24-26-28-30-33-36-42(44)47-40-41(39-46-38-35-32-15-12-9-6-3)48-43(45)37-34-31-29-27-25-23-21-19-17-14-11-8-5-2/h7,10,16,18-19,21-22,24,41H,4-6,8-9,11-15,17,20,23,25-40H2,1-3H3/b10-7-,18-16-,21-19-,24-22-. The maximum Gasteiger partial charge on any atom is 0.306 e. The van der Waals surface area contributed by atoms with Gasteiger partial charge in [0.25, 0.3) is 0 Å². The molecule has 0 aromatic carbocycles. The Morgan fingerprint density at radius 2 is 0.938 bits per heavy atom. The molecule has 0 aliphatic rings. The summed E-state index contributed by atoms with van der Waals surface area (Å²) >= 11 is 0. The molecule has 278 valence electrons. The summed E-state index contributed by atoms with van der Waals surface area (Å²) in [6.45, 7) is 7.61. The van der Waals surface area contributed by atoms with E-state index < -0.39 is 6.10 Å². The van der Waals surface area contributed by atoms with E-state index in [4.69, 9.17) is 14.2 Å². The third-order valence-electron chi connectivity index (χ3n) is 8.35. The van der Waals surface area contributed by atoms with Crippen LogP contribution in [0.15, 0.2) is 48.6 Å². The molecule has 0 aliphatic heterocycles. The molecule has 0 bridgehead atoms. The summed E-state index contributed by atoms with van der Waals surface area (Å²) in [5.74, 6) is -0.446. The normalized spacial score (nSPS) is 12.6. The Morgan fingerprint density at radius 3 is 1.56 bits per heavy atom. The minimum Gasteiger partial charge on any atom is -0.462 e. The molecular weight excluding hydrogens is 596 g/mol. The minimum atomic E-state index is -0.544. The van der Waals surface area contributed by atoms with Crippen molar-refractivity contribution in [2.45, 2.75) is 194 Å². The first kappa shape index (κ1) is 45.9. The fraction of sp³-hybridized carbons (Fsp3) is 0.767. The van der Waals surface area contributed by atoms with Crippen LogP contribution in [-0.4, -0.2) is 37.9 Å². The van der Waals surface area contributed by atoms with Crippen molar-refractivity contribution in [2.24, 2.45) is 0 Å². The Morgan fingerprint density at radius 1 is 0.479 bits per heavy atom. The van der Waals surface area contributed by atoms with Crippen LogP contribution in [0.2, 0.25) is 0 Å². The quantitative estimate of drug-likeness (QED) is 0.0376. The molecule has 48 heavy (non-hydrogen) atoms. The number of rotatable bonds is 36. The first-order valence-corrected chi connectivity index (χ1v) is 20.2. The van der Waals surface area contributed by atoms with E-state index in [1.807, 2.05) is 0 Å². The van der Waals surface area contributed by atoms with Crippen LogP contribution >= 0.6 is 0 Å². The largest absolute Gasteiger partial charge is 0.462 e. The molecule has 0 N–H and O–H groups in total. The molecular formula is C43H76O5. The first-order valence-electron chi connectivity index (χ1n) is 20.2. The average molecular weight is 673 g/mol. The number of esters is 2. The van der Waals surface area contributed by atoms with Gasteiger partial charge >= 0.3 is 11.9 Å². The maximum absolute atomic E-state index is 12.6. The second-order valence-electron chi connectivity index (χ2n) is 13.2. The van der Waals surface area contributed by atoms with Crippen LogP contribution in [0.25, 0.3) is 0 Å². The molecule has 5 heteroatoms. The first-order chi connectivity index (χ1) is 23.6. The molecule has 0 aromatic heterocycles. The van der Waals surface area contributed by atoms with Gasteiger partial charge in [0.1, 0.15) is 6.61 Å². The van der Waals surface area contributed by atoms with Crippen molar-refractivity contribution >= 4 is 11.9 Å². The SMILES string of the molecule is CC/C=C\C/C=C\C/C=C\CCCCCC(=O)OCC(COCCCCCCCC)OC(=O)CCCCCCC/C=C\CCCCCC.